The number of imidazole rings is 1. The van der Waals surface area contributed by atoms with Crippen molar-refractivity contribution in [1.82, 2.24) is 19.8 Å². The number of hydrogen-bond acceptors (Lipinski definition) is 4. The number of carboxylic acid groups (broad SMARTS) is 1. The summed E-state index contributed by atoms with van der Waals surface area (Å²) in [6.07, 6.45) is 2.26. The SMILES string of the molecule is CC(C)C(NC(=O)O)C(=O)N1CCCC1c1ncc(-c2ccc(Br)cc2)n1COCC[Si](C)(C)C. The zero-order valence-corrected chi connectivity index (χ0v) is 23.8. The van der Waals surface area contributed by atoms with Gasteiger partial charge in [-0.3, -0.25) is 4.79 Å². The summed E-state index contributed by atoms with van der Waals surface area (Å²) in [5, 5.41) is 11.7. The second kappa shape index (κ2) is 11.7. The second-order valence-corrected chi connectivity index (χ2v) is 17.2. The molecule has 8 nitrogen and oxygen atoms in total. The summed E-state index contributed by atoms with van der Waals surface area (Å²) < 4.78 is 9.19. The van der Waals surface area contributed by atoms with Crippen molar-refractivity contribution in [1.29, 1.82) is 0 Å². The van der Waals surface area contributed by atoms with Gasteiger partial charge in [-0.25, -0.2) is 9.78 Å². The van der Waals surface area contributed by atoms with Crippen molar-refractivity contribution in [3.05, 3.63) is 40.8 Å². The van der Waals surface area contributed by atoms with E-state index in [1.54, 1.807) is 4.90 Å². The lowest BCUT2D eigenvalue weighted by atomic mass is 10.0. The molecule has 2 N–H and O–H groups in total. The van der Waals surface area contributed by atoms with Gasteiger partial charge in [0.2, 0.25) is 5.91 Å². The first kappa shape index (κ1) is 27.4. The third kappa shape index (κ3) is 7.17. The van der Waals surface area contributed by atoms with Gasteiger partial charge in [0.1, 0.15) is 18.6 Å². The van der Waals surface area contributed by atoms with Crippen LogP contribution in [0, 0.1) is 5.92 Å². The number of halogens is 1. The molecule has 2 atom stereocenters. The molecule has 192 valence electrons. The van der Waals surface area contributed by atoms with E-state index in [4.69, 9.17) is 9.72 Å². The van der Waals surface area contributed by atoms with Crippen LogP contribution in [0.1, 0.15) is 38.6 Å². The Morgan fingerprint density at radius 2 is 1.94 bits per heavy atom. The molecule has 1 aromatic heterocycles. The molecule has 1 saturated heterocycles. The lowest BCUT2D eigenvalue weighted by Crippen LogP contribution is -2.50. The largest absolute Gasteiger partial charge is 0.465 e. The lowest BCUT2D eigenvalue weighted by Gasteiger charge is -2.30. The molecular weight excluding hydrogens is 528 g/mol. The quantitative estimate of drug-likeness (QED) is 0.290. The topological polar surface area (TPSA) is 96.7 Å². The van der Waals surface area contributed by atoms with Crippen LogP contribution in [0.2, 0.25) is 25.7 Å². The Labute approximate surface area is 217 Å². The zero-order chi connectivity index (χ0) is 25.8. The number of hydrogen-bond donors (Lipinski definition) is 2. The number of ether oxygens (including phenoxy) is 1. The Morgan fingerprint density at radius 3 is 2.54 bits per heavy atom. The standard InChI is InChI=1S/C25H37BrN4O4Si/c1-17(2)22(28-25(32)33)24(31)29-12-6-7-20(29)23-27-15-21(18-8-10-19(26)11-9-18)30(23)16-34-13-14-35(3,4)5/h8-11,15,17,20,22,28H,6-7,12-14,16H2,1-5H3,(H,32,33). The van der Waals surface area contributed by atoms with Gasteiger partial charge in [0.25, 0.3) is 0 Å². The maximum atomic E-state index is 13.4. The van der Waals surface area contributed by atoms with Crippen molar-refractivity contribution in [2.45, 2.75) is 71.2 Å². The molecule has 1 aliphatic heterocycles. The average molecular weight is 566 g/mol. The third-order valence-corrected chi connectivity index (χ3v) is 8.52. The molecule has 0 saturated carbocycles. The number of nitrogens with one attached hydrogen (secondary N) is 1. The number of likely N-dealkylation sites (tertiary alicyclic amines) is 1. The van der Waals surface area contributed by atoms with Crippen molar-refractivity contribution in [3.63, 3.8) is 0 Å². The molecule has 2 aromatic rings. The average Bonchev–Trinajstić information content (AvgIpc) is 3.41. The predicted octanol–water partition coefficient (Wildman–Crippen LogP) is 5.58. The molecule has 2 heterocycles. The maximum absolute atomic E-state index is 13.4. The van der Waals surface area contributed by atoms with Crippen molar-refractivity contribution in [3.8, 4) is 11.3 Å². The summed E-state index contributed by atoms with van der Waals surface area (Å²) in [7, 11) is -1.23. The first-order valence-corrected chi connectivity index (χ1v) is 16.7. The van der Waals surface area contributed by atoms with Crippen molar-refractivity contribution in [2.75, 3.05) is 13.2 Å². The van der Waals surface area contributed by atoms with Gasteiger partial charge >= 0.3 is 6.09 Å². The highest BCUT2D eigenvalue weighted by Gasteiger charge is 2.38. The maximum Gasteiger partial charge on any atom is 0.405 e. The van der Waals surface area contributed by atoms with Gasteiger partial charge in [0, 0.05) is 25.7 Å². The van der Waals surface area contributed by atoms with Gasteiger partial charge in [-0.2, -0.15) is 0 Å². The highest BCUT2D eigenvalue weighted by Crippen LogP contribution is 2.35. The monoisotopic (exact) mass is 564 g/mol. The first-order valence-electron chi connectivity index (χ1n) is 12.2. The minimum atomic E-state index is -1.23. The number of carbonyl (C=O) groups excluding carboxylic acids is 1. The fourth-order valence-corrected chi connectivity index (χ4v) is 5.32. The molecule has 2 amide bonds. The Hall–Kier alpha value is -2.17. The highest BCUT2D eigenvalue weighted by atomic mass is 79.9. The molecule has 0 bridgehead atoms. The summed E-state index contributed by atoms with van der Waals surface area (Å²) in [5.74, 6) is 0.409. The number of aromatic nitrogens is 2. The number of nitrogens with zero attached hydrogens (tertiary/aromatic N) is 3. The van der Waals surface area contributed by atoms with E-state index in [0.717, 1.165) is 40.4 Å². The highest BCUT2D eigenvalue weighted by molar-refractivity contribution is 9.10. The van der Waals surface area contributed by atoms with E-state index in [0.29, 0.717) is 19.9 Å². The van der Waals surface area contributed by atoms with E-state index in [9.17, 15) is 14.7 Å². The Morgan fingerprint density at radius 1 is 1.26 bits per heavy atom. The summed E-state index contributed by atoms with van der Waals surface area (Å²) >= 11 is 3.50. The second-order valence-electron chi connectivity index (χ2n) is 10.6. The lowest BCUT2D eigenvalue weighted by molar-refractivity contribution is -0.135. The van der Waals surface area contributed by atoms with Crippen LogP contribution < -0.4 is 5.32 Å². The molecule has 1 fully saturated rings. The van der Waals surface area contributed by atoms with Crippen LogP contribution in [0.25, 0.3) is 11.3 Å². The fraction of sp³-hybridized carbons (Fsp3) is 0.560. The number of rotatable bonds is 10. The molecule has 2 unspecified atom stereocenters. The number of amides is 2. The molecule has 3 rings (SSSR count). The van der Waals surface area contributed by atoms with Gasteiger partial charge < -0.3 is 24.6 Å². The van der Waals surface area contributed by atoms with E-state index in [1.807, 2.05) is 44.3 Å². The van der Waals surface area contributed by atoms with Gasteiger partial charge in [0.15, 0.2) is 0 Å². The summed E-state index contributed by atoms with van der Waals surface area (Å²) in [4.78, 5) is 31.3. The smallest absolute Gasteiger partial charge is 0.405 e. The molecular formula is C25H37BrN4O4Si. The summed E-state index contributed by atoms with van der Waals surface area (Å²) in [6, 6.07) is 8.09. The van der Waals surface area contributed by atoms with Crippen LogP contribution in [0.3, 0.4) is 0 Å². The van der Waals surface area contributed by atoms with Crippen LogP contribution in [-0.2, 0) is 16.3 Å². The van der Waals surface area contributed by atoms with Crippen molar-refractivity contribution in [2.24, 2.45) is 5.92 Å². The summed E-state index contributed by atoms with van der Waals surface area (Å²) in [5.41, 5.74) is 1.95. The molecule has 1 aromatic carbocycles. The van der Waals surface area contributed by atoms with Gasteiger partial charge in [0.05, 0.1) is 17.9 Å². The minimum Gasteiger partial charge on any atom is -0.465 e. The minimum absolute atomic E-state index is 0.164. The normalized spacial score (nSPS) is 17.1. The van der Waals surface area contributed by atoms with Gasteiger partial charge in [-0.1, -0.05) is 61.6 Å². The van der Waals surface area contributed by atoms with Gasteiger partial charge in [-0.05, 0) is 42.5 Å². The zero-order valence-electron chi connectivity index (χ0n) is 21.3. The Bertz CT molecular complexity index is 1020. The van der Waals surface area contributed by atoms with Crippen LogP contribution in [-0.4, -0.2) is 58.8 Å². The van der Waals surface area contributed by atoms with Crippen molar-refractivity contribution >= 4 is 36.0 Å². The Kier molecular flexibility index (Phi) is 9.17. The molecule has 1 aliphatic rings. The van der Waals surface area contributed by atoms with E-state index in [-0.39, 0.29) is 17.9 Å². The molecule has 35 heavy (non-hydrogen) atoms. The molecule has 0 radical (unpaired) electrons. The predicted molar refractivity (Wildman–Crippen MR) is 143 cm³/mol. The summed E-state index contributed by atoms with van der Waals surface area (Å²) in [6.45, 7) is 12.3. The van der Waals surface area contributed by atoms with Crippen LogP contribution in [0.5, 0.6) is 0 Å². The fourth-order valence-electron chi connectivity index (χ4n) is 4.30. The molecule has 10 heteroatoms. The molecule has 0 aliphatic carbocycles. The van der Waals surface area contributed by atoms with E-state index in [2.05, 4.69) is 45.5 Å². The van der Waals surface area contributed by atoms with Crippen LogP contribution in [0.4, 0.5) is 4.79 Å². The van der Waals surface area contributed by atoms with E-state index in [1.165, 1.54) is 0 Å². The van der Waals surface area contributed by atoms with Crippen molar-refractivity contribution < 1.29 is 19.4 Å². The Balaban J connectivity index is 1.92. The van der Waals surface area contributed by atoms with E-state index >= 15 is 0 Å². The number of carbonyl (C=O) groups is 2. The molecule has 0 spiro atoms. The van der Waals surface area contributed by atoms with Crippen LogP contribution in [0.15, 0.2) is 34.9 Å². The van der Waals surface area contributed by atoms with Crippen LogP contribution >= 0.6 is 15.9 Å². The van der Waals surface area contributed by atoms with E-state index < -0.39 is 20.2 Å². The number of benzene rings is 1. The third-order valence-electron chi connectivity index (χ3n) is 6.29. The first-order chi connectivity index (χ1) is 16.5. The van der Waals surface area contributed by atoms with Gasteiger partial charge in [-0.15, -0.1) is 0 Å².